The van der Waals surface area contributed by atoms with Crippen LogP contribution in [0.2, 0.25) is 0 Å². The highest BCUT2D eigenvalue weighted by Gasteiger charge is 2.15. The number of anilines is 1. The average Bonchev–Trinajstić information content (AvgIpc) is 2.89. The molecule has 0 aliphatic rings. The van der Waals surface area contributed by atoms with Crippen molar-refractivity contribution in [1.82, 2.24) is 0 Å². The first-order valence-electron chi connectivity index (χ1n) is 11.2. The number of carboxylic acids is 2. The molecule has 0 spiro atoms. The lowest BCUT2D eigenvalue weighted by atomic mass is 10.1. The van der Waals surface area contributed by atoms with Crippen molar-refractivity contribution in [2.45, 2.75) is 19.7 Å². The molecule has 0 fully saturated rings. The zero-order valence-corrected chi connectivity index (χ0v) is 20.9. The van der Waals surface area contributed by atoms with Crippen LogP contribution in [0.5, 0.6) is 5.75 Å². The first-order valence-corrected chi connectivity index (χ1v) is 12.0. The quantitative estimate of drug-likeness (QED) is 0.232. The van der Waals surface area contributed by atoms with Crippen LogP contribution in [0.15, 0.2) is 102 Å². The average molecular weight is 546 g/mol. The molecule has 36 heavy (non-hydrogen) atoms. The normalized spacial score (nSPS) is 10.6. The minimum atomic E-state index is -0.985. The Kier molecular flexibility index (Phi) is 8.02. The van der Waals surface area contributed by atoms with Crippen molar-refractivity contribution in [2.75, 3.05) is 4.90 Å². The Hall–Kier alpha value is -4.10. The zero-order valence-electron chi connectivity index (χ0n) is 19.3. The molecule has 0 aliphatic carbocycles. The van der Waals surface area contributed by atoms with E-state index in [1.807, 2.05) is 48.5 Å². The Morgan fingerprint density at radius 1 is 0.722 bits per heavy atom. The van der Waals surface area contributed by atoms with E-state index in [0.717, 1.165) is 32.6 Å². The number of carbonyl (C=O) groups is 2. The summed E-state index contributed by atoms with van der Waals surface area (Å²) in [5.74, 6) is -1.21. The predicted molar refractivity (Wildman–Crippen MR) is 142 cm³/mol. The molecule has 4 rings (SSSR count). The van der Waals surface area contributed by atoms with Gasteiger partial charge >= 0.3 is 11.9 Å². The highest BCUT2D eigenvalue weighted by molar-refractivity contribution is 9.10. The molecule has 4 aromatic carbocycles. The Bertz CT molecular complexity index is 1340. The minimum Gasteiger partial charge on any atom is -0.489 e. The summed E-state index contributed by atoms with van der Waals surface area (Å²) in [6.07, 6.45) is 0. The molecule has 0 saturated carbocycles. The van der Waals surface area contributed by atoms with Gasteiger partial charge in [-0.3, -0.25) is 0 Å². The molecule has 0 bridgehead atoms. The van der Waals surface area contributed by atoms with Gasteiger partial charge in [0.05, 0.1) is 11.1 Å². The number of nitrogens with zero attached hydrogens (tertiary/aromatic N) is 1. The Morgan fingerprint density at radius 3 is 1.94 bits per heavy atom. The molecule has 7 heteroatoms. The van der Waals surface area contributed by atoms with Gasteiger partial charge in [0.15, 0.2) is 0 Å². The van der Waals surface area contributed by atoms with Crippen molar-refractivity contribution in [3.8, 4) is 5.75 Å². The number of aromatic carboxylic acids is 2. The Morgan fingerprint density at radius 2 is 1.33 bits per heavy atom. The number of halogens is 1. The number of hydrogen-bond donors (Lipinski definition) is 2. The molecule has 0 radical (unpaired) electrons. The lowest BCUT2D eigenvalue weighted by Crippen LogP contribution is -2.22. The van der Waals surface area contributed by atoms with Gasteiger partial charge in [0.25, 0.3) is 0 Å². The van der Waals surface area contributed by atoms with Gasteiger partial charge in [-0.2, -0.15) is 0 Å². The van der Waals surface area contributed by atoms with Crippen LogP contribution in [0.25, 0.3) is 0 Å². The van der Waals surface area contributed by atoms with E-state index in [0.29, 0.717) is 19.7 Å². The molecular weight excluding hydrogens is 522 g/mol. The Labute approximate surface area is 217 Å². The fraction of sp³-hybridized carbons (Fsp3) is 0.103. The van der Waals surface area contributed by atoms with E-state index in [-0.39, 0.29) is 11.1 Å². The van der Waals surface area contributed by atoms with E-state index in [2.05, 4.69) is 20.8 Å². The second-order valence-corrected chi connectivity index (χ2v) is 9.15. The highest BCUT2D eigenvalue weighted by Crippen LogP contribution is 2.29. The smallest absolute Gasteiger partial charge is 0.335 e. The SMILES string of the molecule is O=C(O)c1ccc(CN(Cc2cc(Br)ccc2OCc2ccccc2)c2ccc(C(=O)O)cc2)cc1. The van der Waals surface area contributed by atoms with Crippen LogP contribution in [0.4, 0.5) is 5.69 Å². The summed E-state index contributed by atoms with van der Waals surface area (Å²) in [6.45, 7) is 1.40. The van der Waals surface area contributed by atoms with Crippen LogP contribution in [-0.4, -0.2) is 22.2 Å². The van der Waals surface area contributed by atoms with Crippen LogP contribution >= 0.6 is 15.9 Å². The van der Waals surface area contributed by atoms with Gasteiger partial charge in [0, 0.05) is 28.8 Å². The topological polar surface area (TPSA) is 87.1 Å². The maximum absolute atomic E-state index is 11.3. The third-order valence-corrected chi connectivity index (χ3v) is 6.17. The number of carboxylic acid groups (broad SMARTS) is 2. The van der Waals surface area contributed by atoms with Crippen LogP contribution in [0.3, 0.4) is 0 Å². The lowest BCUT2D eigenvalue weighted by molar-refractivity contribution is 0.0686. The van der Waals surface area contributed by atoms with Gasteiger partial charge in [-0.15, -0.1) is 0 Å². The zero-order chi connectivity index (χ0) is 25.5. The number of benzene rings is 4. The molecule has 2 N–H and O–H groups in total. The largest absolute Gasteiger partial charge is 0.489 e. The van der Waals surface area contributed by atoms with Crippen molar-refractivity contribution in [3.63, 3.8) is 0 Å². The minimum absolute atomic E-state index is 0.207. The fourth-order valence-corrected chi connectivity index (χ4v) is 4.19. The molecule has 0 unspecified atom stereocenters. The van der Waals surface area contributed by atoms with Gasteiger partial charge in [-0.1, -0.05) is 58.4 Å². The van der Waals surface area contributed by atoms with Crippen LogP contribution in [0, 0.1) is 0 Å². The highest BCUT2D eigenvalue weighted by atomic mass is 79.9. The molecule has 0 aliphatic heterocycles. The number of ether oxygens (including phenoxy) is 1. The molecule has 0 atom stereocenters. The lowest BCUT2D eigenvalue weighted by Gasteiger charge is -2.26. The van der Waals surface area contributed by atoms with E-state index in [4.69, 9.17) is 4.74 Å². The summed E-state index contributed by atoms with van der Waals surface area (Å²) >= 11 is 3.56. The Balaban J connectivity index is 1.63. The summed E-state index contributed by atoms with van der Waals surface area (Å²) in [6, 6.07) is 29.2. The van der Waals surface area contributed by atoms with Crippen molar-refractivity contribution >= 4 is 33.6 Å². The van der Waals surface area contributed by atoms with Crippen molar-refractivity contribution in [3.05, 3.63) is 129 Å². The molecule has 6 nitrogen and oxygen atoms in total. The summed E-state index contributed by atoms with van der Waals surface area (Å²) < 4.78 is 7.08. The van der Waals surface area contributed by atoms with E-state index >= 15 is 0 Å². The summed E-state index contributed by atoms with van der Waals surface area (Å²) in [5, 5.41) is 18.5. The summed E-state index contributed by atoms with van der Waals surface area (Å²) in [7, 11) is 0. The molecule has 182 valence electrons. The van der Waals surface area contributed by atoms with Gasteiger partial charge < -0.3 is 19.8 Å². The second kappa shape index (κ2) is 11.6. The number of rotatable bonds is 10. The van der Waals surface area contributed by atoms with E-state index in [1.54, 1.807) is 48.5 Å². The molecular formula is C29H24BrNO5. The maximum Gasteiger partial charge on any atom is 0.335 e. The third-order valence-electron chi connectivity index (χ3n) is 5.67. The third kappa shape index (κ3) is 6.52. The molecule has 0 heterocycles. The van der Waals surface area contributed by atoms with E-state index < -0.39 is 11.9 Å². The monoisotopic (exact) mass is 545 g/mol. The standard InChI is InChI=1S/C29H24BrNO5/c30-25-12-15-27(36-19-21-4-2-1-3-5-21)24(16-25)18-31(26-13-10-23(11-14-26)29(34)35)17-20-6-8-22(9-7-20)28(32)33/h1-16H,17-19H2,(H,32,33)(H,34,35). The predicted octanol–water partition coefficient (Wildman–Crippen LogP) is 6.63. The molecule has 0 saturated heterocycles. The van der Waals surface area contributed by atoms with E-state index in [1.165, 1.54) is 0 Å². The van der Waals surface area contributed by atoms with Crippen LogP contribution < -0.4 is 9.64 Å². The fourth-order valence-electron chi connectivity index (χ4n) is 3.78. The maximum atomic E-state index is 11.3. The second-order valence-electron chi connectivity index (χ2n) is 8.24. The van der Waals surface area contributed by atoms with E-state index in [9.17, 15) is 19.8 Å². The summed E-state index contributed by atoms with van der Waals surface area (Å²) in [5.41, 5.74) is 4.19. The van der Waals surface area contributed by atoms with Crippen LogP contribution in [-0.2, 0) is 19.7 Å². The van der Waals surface area contributed by atoms with Crippen molar-refractivity contribution in [1.29, 1.82) is 0 Å². The van der Waals surface area contributed by atoms with Crippen molar-refractivity contribution < 1.29 is 24.5 Å². The van der Waals surface area contributed by atoms with Gasteiger partial charge in [-0.05, 0) is 65.7 Å². The van der Waals surface area contributed by atoms with Crippen molar-refractivity contribution in [2.24, 2.45) is 0 Å². The van der Waals surface area contributed by atoms with Gasteiger partial charge in [0.2, 0.25) is 0 Å². The molecule has 0 aromatic heterocycles. The first kappa shape index (κ1) is 25.0. The summed E-state index contributed by atoms with van der Waals surface area (Å²) in [4.78, 5) is 24.7. The first-order chi connectivity index (χ1) is 17.4. The van der Waals surface area contributed by atoms with Crippen LogP contribution in [0.1, 0.15) is 37.4 Å². The molecule has 4 aromatic rings. The number of hydrogen-bond acceptors (Lipinski definition) is 4. The van der Waals surface area contributed by atoms with Gasteiger partial charge in [0.1, 0.15) is 12.4 Å². The molecule has 0 amide bonds. The van der Waals surface area contributed by atoms with Gasteiger partial charge in [-0.25, -0.2) is 9.59 Å².